The Morgan fingerprint density at radius 1 is 1.26 bits per heavy atom. The van der Waals surface area contributed by atoms with Crippen molar-refractivity contribution in [2.45, 2.75) is 59.6 Å². The van der Waals surface area contributed by atoms with Gasteiger partial charge in [0.2, 0.25) is 0 Å². The molecule has 0 fully saturated rings. The van der Waals surface area contributed by atoms with E-state index in [9.17, 15) is 4.79 Å². The number of amides is 1. The SMILES string of the molecule is CCC(N)c1ccc2c(c1)N(CCC(C)C)C(=O)C(C(C)C)O2. The van der Waals surface area contributed by atoms with E-state index in [0.29, 0.717) is 5.92 Å². The summed E-state index contributed by atoms with van der Waals surface area (Å²) in [6.45, 7) is 11.2. The van der Waals surface area contributed by atoms with Gasteiger partial charge in [-0.2, -0.15) is 0 Å². The summed E-state index contributed by atoms with van der Waals surface area (Å²) in [5.41, 5.74) is 8.09. The molecule has 4 heteroatoms. The standard InChI is InChI=1S/C19H30N2O2/c1-6-15(20)14-7-8-17-16(11-14)21(10-9-12(2)3)19(22)18(23-17)13(4)5/h7-8,11-13,15,18H,6,9-10,20H2,1-5H3. The first-order valence-electron chi connectivity index (χ1n) is 8.72. The third kappa shape index (κ3) is 3.86. The van der Waals surface area contributed by atoms with Crippen molar-refractivity contribution in [2.75, 3.05) is 11.4 Å². The topological polar surface area (TPSA) is 55.6 Å². The predicted molar refractivity (Wildman–Crippen MR) is 94.7 cm³/mol. The van der Waals surface area contributed by atoms with E-state index in [0.717, 1.165) is 36.4 Å². The second-order valence-electron chi connectivity index (χ2n) is 7.20. The second-order valence-corrected chi connectivity index (χ2v) is 7.20. The number of hydrogen-bond acceptors (Lipinski definition) is 3. The van der Waals surface area contributed by atoms with E-state index in [1.54, 1.807) is 0 Å². The van der Waals surface area contributed by atoms with Crippen molar-refractivity contribution >= 4 is 11.6 Å². The maximum atomic E-state index is 12.9. The van der Waals surface area contributed by atoms with Gasteiger partial charge < -0.3 is 15.4 Å². The van der Waals surface area contributed by atoms with Gasteiger partial charge in [0, 0.05) is 12.6 Å². The molecule has 2 atom stereocenters. The predicted octanol–water partition coefficient (Wildman–Crippen LogP) is 3.89. The van der Waals surface area contributed by atoms with Crippen molar-refractivity contribution in [1.29, 1.82) is 0 Å². The third-order valence-corrected chi connectivity index (χ3v) is 4.44. The number of carbonyl (C=O) groups excluding carboxylic acids is 1. The molecule has 0 spiro atoms. The fourth-order valence-corrected chi connectivity index (χ4v) is 2.81. The summed E-state index contributed by atoms with van der Waals surface area (Å²) in [5.74, 6) is 1.55. The minimum absolute atomic E-state index is 0.00910. The molecule has 128 valence electrons. The van der Waals surface area contributed by atoms with Crippen molar-refractivity contribution in [3.05, 3.63) is 23.8 Å². The highest BCUT2D eigenvalue weighted by molar-refractivity contribution is 6.00. The Bertz CT molecular complexity index is 554. The molecule has 0 bridgehead atoms. The minimum Gasteiger partial charge on any atom is -0.478 e. The van der Waals surface area contributed by atoms with Crippen LogP contribution in [0.4, 0.5) is 5.69 Å². The average molecular weight is 318 g/mol. The highest BCUT2D eigenvalue weighted by Crippen LogP contribution is 2.38. The summed E-state index contributed by atoms with van der Waals surface area (Å²) in [4.78, 5) is 14.8. The van der Waals surface area contributed by atoms with E-state index in [4.69, 9.17) is 10.5 Å². The highest BCUT2D eigenvalue weighted by Gasteiger charge is 2.36. The Morgan fingerprint density at radius 3 is 2.52 bits per heavy atom. The van der Waals surface area contributed by atoms with Crippen LogP contribution in [0, 0.1) is 11.8 Å². The fraction of sp³-hybridized carbons (Fsp3) is 0.632. The molecule has 0 aromatic heterocycles. The largest absolute Gasteiger partial charge is 0.478 e. The van der Waals surface area contributed by atoms with E-state index in [2.05, 4.69) is 20.8 Å². The molecule has 2 N–H and O–H groups in total. The van der Waals surface area contributed by atoms with Crippen LogP contribution in [0.15, 0.2) is 18.2 Å². The van der Waals surface area contributed by atoms with Gasteiger partial charge in [-0.15, -0.1) is 0 Å². The first kappa shape index (κ1) is 17.8. The lowest BCUT2D eigenvalue weighted by Crippen LogP contribution is -2.49. The number of rotatable bonds is 6. The smallest absolute Gasteiger partial charge is 0.268 e. The van der Waals surface area contributed by atoms with Gasteiger partial charge in [-0.3, -0.25) is 4.79 Å². The van der Waals surface area contributed by atoms with Crippen LogP contribution in [0.2, 0.25) is 0 Å². The van der Waals surface area contributed by atoms with Gasteiger partial charge in [0.15, 0.2) is 6.10 Å². The van der Waals surface area contributed by atoms with Crippen molar-refractivity contribution in [2.24, 2.45) is 17.6 Å². The van der Waals surface area contributed by atoms with Crippen LogP contribution in [0.1, 0.15) is 59.1 Å². The molecule has 0 radical (unpaired) electrons. The number of hydrogen-bond donors (Lipinski definition) is 1. The summed E-state index contributed by atoms with van der Waals surface area (Å²) in [6, 6.07) is 5.99. The van der Waals surface area contributed by atoms with Gasteiger partial charge in [0.25, 0.3) is 5.91 Å². The summed E-state index contributed by atoms with van der Waals surface area (Å²) < 4.78 is 5.98. The molecule has 1 aromatic rings. The molecule has 1 aliphatic heterocycles. The lowest BCUT2D eigenvalue weighted by molar-refractivity contribution is -0.128. The summed E-state index contributed by atoms with van der Waals surface area (Å²) in [6.07, 6.45) is 1.44. The number of nitrogens with zero attached hydrogens (tertiary/aromatic N) is 1. The zero-order valence-electron chi connectivity index (χ0n) is 15.0. The number of ether oxygens (including phenoxy) is 1. The lowest BCUT2D eigenvalue weighted by atomic mass is 9.99. The fourth-order valence-electron chi connectivity index (χ4n) is 2.81. The number of anilines is 1. The van der Waals surface area contributed by atoms with Crippen molar-refractivity contribution in [1.82, 2.24) is 0 Å². The molecular weight excluding hydrogens is 288 g/mol. The Kier molecular flexibility index (Phi) is 5.69. The summed E-state index contributed by atoms with van der Waals surface area (Å²) in [5, 5.41) is 0. The van der Waals surface area contributed by atoms with Crippen LogP contribution < -0.4 is 15.4 Å². The van der Waals surface area contributed by atoms with Crippen LogP contribution in [-0.4, -0.2) is 18.6 Å². The molecule has 1 amide bonds. The van der Waals surface area contributed by atoms with Crippen molar-refractivity contribution in [3.8, 4) is 5.75 Å². The molecule has 1 aromatic carbocycles. The molecule has 4 nitrogen and oxygen atoms in total. The van der Waals surface area contributed by atoms with E-state index < -0.39 is 6.10 Å². The van der Waals surface area contributed by atoms with Gasteiger partial charge >= 0.3 is 0 Å². The molecule has 2 rings (SSSR count). The van der Waals surface area contributed by atoms with Crippen LogP contribution in [0.5, 0.6) is 5.75 Å². The average Bonchev–Trinajstić information content (AvgIpc) is 2.51. The molecule has 2 unspecified atom stereocenters. The van der Waals surface area contributed by atoms with Crippen molar-refractivity contribution < 1.29 is 9.53 Å². The molecule has 1 heterocycles. The van der Waals surface area contributed by atoms with Gasteiger partial charge in [0.1, 0.15) is 5.75 Å². The Morgan fingerprint density at radius 2 is 1.96 bits per heavy atom. The van der Waals surface area contributed by atoms with E-state index in [1.807, 2.05) is 36.9 Å². The maximum Gasteiger partial charge on any atom is 0.268 e. The highest BCUT2D eigenvalue weighted by atomic mass is 16.5. The molecule has 0 saturated heterocycles. The number of nitrogens with two attached hydrogens (primary N) is 1. The molecule has 1 aliphatic rings. The first-order valence-corrected chi connectivity index (χ1v) is 8.72. The monoisotopic (exact) mass is 318 g/mol. The van der Waals surface area contributed by atoms with Crippen LogP contribution in [0.25, 0.3) is 0 Å². The van der Waals surface area contributed by atoms with Crippen LogP contribution in [-0.2, 0) is 4.79 Å². The number of fused-ring (bicyclic) bond motifs is 1. The zero-order chi connectivity index (χ0) is 17.1. The molecule has 0 aliphatic carbocycles. The lowest BCUT2D eigenvalue weighted by Gasteiger charge is -2.36. The maximum absolute atomic E-state index is 12.9. The van der Waals surface area contributed by atoms with E-state index in [-0.39, 0.29) is 17.9 Å². The Balaban J connectivity index is 2.40. The van der Waals surface area contributed by atoms with Crippen LogP contribution in [0.3, 0.4) is 0 Å². The minimum atomic E-state index is -0.402. The van der Waals surface area contributed by atoms with E-state index in [1.165, 1.54) is 0 Å². The third-order valence-electron chi connectivity index (χ3n) is 4.44. The normalized spacial score (nSPS) is 19.0. The number of benzene rings is 1. The molecular formula is C19H30N2O2. The van der Waals surface area contributed by atoms with E-state index >= 15 is 0 Å². The van der Waals surface area contributed by atoms with Crippen LogP contribution >= 0.6 is 0 Å². The zero-order valence-corrected chi connectivity index (χ0v) is 15.0. The van der Waals surface area contributed by atoms with Gasteiger partial charge in [-0.1, -0.05) is 40.7 Å². The van der Waals surface area contributed by atoms with Gasteiger partial charge in [-0.05, 0) is 42.4 Å². The Hall–Kier alpha value is -1.55. The van der Waals surface area contributed by atoms with Gasteiger partial charge in [0.05, 0.1) is 5.69 Å². The summed E-state index contributed by atoms with van der Waals surface area (Å²) in [7, 11) is 0. The quantitative estimate of drug-likeness (QED) is 0.865. The number of carbonyl (C=O) groups is 1. The second kappa shape index (κ2) is 7.35. The first-order chi connectivity index (χ1) is 10.8. The molecule has 23 heavy (non-hydrogen) atoms. The van der Waals surface area contributed by atoms with Gasteiger partial charge in [-0.25, -0.2) is 0 Å². The van der Waals surface area contributed by atoms with Crippen molar-refractivity contribution in [3.63, 3.8) is 0 Å². The Labute approximate surface area is 140 Å². The summed E-state index contributed by atoms with van der Waals surface area (Å²) >= 11 is 0. The molecule has 0 saturated carbocycles.